The van der Waals surface area contributed by atoms with E-state index in [0.29, 0.717) is 25.7 Å². The molecular weight excluding hydrogens is 356 g/mol. The van der Waals surface area contributed by atoms with E-state index in [-0.39, 0.29) is 4.90 Å². The van der Waals surface area contributed by atoms with Crippen molar-refractivity contribution < 1.29 is 13.0 Å². The van der Waals surface area contributed by atoms with Gasteiger partial charge in [0.1, 0.15) is 4.88 Å². The zero-order chi connectivity index (χ0) is 16.6. The fraction of sp³-hybridized carbons (Fsp3) is 0.0667. The quantitative estimate of drug-likeness (QED) is 0.721. The summed E-state index contributed by atoms with van der Waals surface area (Å²) in [5, 5.41) is 0.534. The highest BCUT2D eigenvalue weighted by Crippen LogP contribution is 2.33. The van der Waals surface area contributed by atoms with Gasteiger partial charge >= 0.3 is 5.69 Å². The van der Waals surface area contributed by atoms with E-state index in [1.54, 1.807) is 36.4 Å². The normalized spacial score (nSPS) is 11.6. The summed E-state index contributed by atoms with van der Waals surface area (Å²) in [5.74, 6) is 0. The number of sulfone groups is 1. The first-order chi connectivity index (χ1) is 10.9. The van der Waals surface area contributed by atoms with E-state index >= 15 is 0 Å². The average Bonchev–Trinajstić information content (AvgIpc) is 2.88. The van der Waals surface area contributed by atoms with Crippen LogP contribution in [0.5, 0.6) is 0 Å². The molecule has 23 heavy (non-hydrogen) atoms. The third-order valence-corrected chi connectivity index (χ3v) is 5.55. The summed E-state index contributed by atoms with van der Waals surface area (Å²) in [6.07, 6.45) is 1.16. The molecule has 118 valence electrons. The first-order valence-electron chi connectivity index (χ1n) is 6.57. The third-order valence-electron chi connectivity index (χ3n) is 3.29. The molecular formula is C15H12ClN2O3S2+. The molecule has 1 aromatic heterocycles. The molecule has 0 bridgehead atoms. The molecule has 1 N–H and O–H groups in total. The zero-order valence-corrected chi connectivity index (χ0v) is 14.4. The topological polar surface area (TPSA) is 72.9 Å². The highest BCUT2D eigenvalue weighted by Gasteiger charge is 2.23. The van der Waals surface area contributed by atoms with Crippen molar-refractivity contribution in [2.45, 2.75) is 4.90 Å². The Bertz CT molecular complexity index is 1020. The van der Waals surface area contributed by atoms with Crippen LogP contribution in [0, 0.1) is 4.91 Å². The standard InChI is InChI=1S/C15H12ClN2O3S2/c1-23(20,21)13-7-5-10(6-8-13)15-14(18(19)17-22-15)11-3-2-4-12(16)9-11/h2-9H,1H3,(H,17,19)/q+1. The number of nitrogens with one attached hydrogen (secondary N) is 1. The molecule has 0 amide bonds. The van der Waals surface area contributed by atoms with Gasteiger partial charge in [-0.05, 0) is 30.3 Å². The molecule has 5 nitrogen and oxygen atoms in total. The summed E-state index contributed by atoms with van der Waals surface area (Å²) in [5.41, 5.74) is 1.89. The monoisotopic (exact) mass is 367 g/mol. The van der Waals surface area contributed by atoms with Crippen LogP contribution < -0.4 is 4.54 Å². The van der Waals surface area contributed by atoms with Gasteiger partial charge in [-0.15, -0.1) is 0 Å². The van der Waals surface area contributed by atoms with E-state index in [1.165, 1.54) is 23.7 Å². The van der Waals surface area contributed by atoms with Gasteiger partial charge in [-0.1, -0.05) is 34.3 Å². The van der Waals surface area contributed by atoms with Crippen molar-refractivity contribution in [3.8, 4) is 21.7 Å². The van der Waals surface area contributed by atoms with Crippen LogP contribution in [0.25, 0.3) is 21.7 Å². The molecule has 0 unspecified atom stereocenters. The van der Waals surface area contributed by atoms with Gasteiger partial charge in [0.15, 0.2) is 14.4 Å². The lowest BCUT2D eigenvalue weighted by Crippen LogP contribution is -2.16. The number of aromatic amines is 1. The van der Waals surface area contributed by atoms with Gasteiger partial charge in [0.05, 0.1) is 15.4 Å². The van der Waals surface area contributed by atoms with Crippen LogP contribution in [0.4, 0.5) is 0 Å². The van der Waals surface area contributed by atoms with E-state index in [4.69, 9.17) is 11.6 Å². The summed E-state index contributed by atoms with van der Waals surface area (Å²) < 4.78 is 26.4. The van der Waals surface area contributed by atoms with Crippen molar-refractivity contribution in [3.63, 3.8) is 0 Å². The molecule has 1 heterocycles. The molecule has 0 spiro atoms. The molecule has 8 heteroatoms. The van der Waals surface area contributed by atoms with Crippen LogP contribution in [-0.2, 0) is 9.84 Å². The second-order valence-electron chi connectivity index (χ2n) is 4.97. The second-order valence-corrected chi connectivity index (χ2v) is 8.22. The molecule has 0 atom stereocenters. The lowest BCUT2D eigenvalue weighted by molar-refractivity contribution is -0.542. The fourth-order valence-electron chi connectivity index (χ4n) is 2.21. The first kappa shape index (κ1) is 15.9. The predicted octanol–water partition coefficient (Wildman–Crippen LogP) is 3.38. The van der Waals surface area contributed by atoms with E-state index in [1.807, 2.05) is 0 Å². The highest BCUT2D eigenvalue weighted by atomic mass is 35.5. The minimum atomic E-state index is -3.25. The molecule has 0 aliphatic rings. The number of nitrogens with zero attached hydrogens (tertiary/aromatic N) is 1. The van der Waals surface area contributed by atoms with Gasteiger partial charge in [-0.2, -0.15) is 0 Å². The fourth-order valence-corrected chi connectivity index (χ4v) is 3.84. The predicted molar refractivity (Wildman–Crippen MR) is 91.0 cm³/mol. The molecule has 3 aromatic rings. The number of H-pyrrole nitrogens is 1. The van der Waals surface area contributed by atoms with Crippen molar-refractivity contribution in [2.75, 3.05) is 6.26 Å². The Morgan fingerprint density at radius 2 is 1.78 bits per heavy atom. The van der Waals surface area contributed by atoms with Crippen molar-refractivity contribution >= 4 is 33.0 Å². The Balaban J connectivity index is 2.14. The van der Waals surface area contributed by atoms with Crippen molar-refractivity contribution in [1.82, 2.24) is 4.49 Å². The summed E-state index contributed by atoms with van der Waals surface area (Å²) in [7, 11) is -3.25. The average molecular weight is 368 g/mol. The summed E-state index contributed by atoms with van der Waals surface area (Å²) in [6, 6.07) is 13.4. The van der Waals surface area contributed by atoms with Gasteiger partial charge in [0, 0.05) is 28.4 Å². The second kappa shape index (κ2) is 5.92. The molecule has 0 aliphatic heterocycles. The van der Waals surface area contributed by atoms with Gasteiger partial charge in [-0.25, -0.2) is 8.42 Å². The van der Waals surface area contributed by atoms with Crippen LogP contribution in [0.2, 0.25) is 5.02 Å². The lowest BCUT2D eigenvalue weighted by atomic mass is 10.1. The van der Waals surface area contributed by atoms with Crippen molar-refractivity contribution in [3.05, 3.63) is 58.5 Å². The van der Waals surface area contributed by atoms with E-state index < -0.39 is 9.84 Å². The van der Waals surface area contributed by atoms with Gasteiger partial charge in [0.2, 0.25) is 0 Å². The SMILES string of the molecule is CS(=O)(=O)c1ccc(-c2s[nH][n+](=O)c2-c2cccc(Cl)c2)cc1. The molecule has 0 fully saturated rings. The molecule has 2 aromatic carbocycles. The lowest BCUT2D eigenvalue weighted by Gasteiger charge is -2.00. The largest absolute Gasteiger partial charge is 0.319 e. The number of benzene rings is 2. The van der Waals surface area contributed by atoms with Crippen LogP contribution in [-0.4, -0.2) is 19.2 Å². The Morgan fingerprint density at radius 1 is 1.09 bits per heavy atom. The summed E-state index contributed by atoms with van der Waals surface area (Å²) >= 11 is 7.17. The zero-order valence-electron chi connectivity index (χ0n) is 12.0. The minimum Gasteiger partial charge on any atom is -0.224 e. The number of hydrogen-bond donors (Lipinski definition) is 1. The van der Waals surface area contributed by atoms with Gasteiger partial charge in [-0.3, -0.25) is 0 Å². The molecule has 0 aliphatic carbocycles. The van der Waals surface area contributed by atoms with Gasteiger partial charge in [0.25, 0.3) is 0 Å². The van der Waals surface area contributed by atoms with Crippen molar-refractivity contribution in [1.29, 1.82) is 0 Å². The maximum absolute atomic E-state index is 12.1. The summed E-state index contributed by atoms with van der Waals surface area (Å²) in [6.45, 7) is 0. The maximum Gasteiger partial charge on any atom is 0.319 e. The number of hydrogen-bond acceptors (Lipinski definition) is 4. The molecule has 3 rings (SSSR count). The highest BCUT2D eigenvalue weighted by molar-refractivity contribution is 7.90. The van der Waals surface area contributed by atoms with E-state index in [0.717, 1.165) is 11.8 Å². The van der Waals surface area contributed by atoms with Crippen LogP contribution in [0.1, 0.15) is 0 Å². The van der Waals surface area contributed by atoms with Crippen LogP contribution >= 0.6 is 23.1 Å². The van der Waals surface area contributed by atoms with Crippen molar-refractivity contribution in [2.24, 2.45) is 0 Å². The molecule has 0 saturated heterocycles. The van der Waals surface area contributed by atoms with Gasteiger partial charge < -0.3 is 0 Å². The Morgan fingerprint density at radius 3 is 2.39 bits per heavy atom. The third kappa shape index (κ3) is 3.21. The number of halogens is 1. The Labute approximate surface area is 141 Å². The molecule has 0 radical (unpaired) electrons. The van der Waals surface area contributed by atoms with E-state index in [9.17, 15) is 13.3 Å². The Hall–Kier alpha value is -1.96. The summed E-state index contributed by atoms with van der Waals surface area (Å²) in [4.78, 5) is 13.0. The maximum atomic E-state index is 12.1. The van der Waals surface area contributed by atoms with E-state index in [2.05, 4.69) is 4.49 Å². The number of rotatable bonds is 3. The smallest absolute Gasteiger partial charge is 0.224 e. The number of aromatic nitrogens is 2. The Kier molecular flexibility index (Phi) is 4.09. The first-order valence-corrected chi connectivity index (χ1v) is 9.65. The molecule has 0 saturated carbocycles. The van der Waals surface area contributed by atoms with Crippen LogP contribution in [0.3, 0.4) is 0 Å². The minimum absolute atomic E-state index is 0.237. The van der Waals surface area contributed by atoms with Crippen LogP contribution in [0.15, 0.2) is 53.4 Å².